The molecule has 3 N–H and O–H groups in total. The van der Waals surface area contributed by atoms with Crippen molar-refractivity contribution in [3.8, 4) is 0 Å². The fraction of sp³-hybridized carbons (Fsp3) is 0.500. The van der Waals surface area contributed by atoms with Gasteiger partial charge >= 0.3 is 5.76 Å². The number of aromatic nitrogens is 1. The molecule has 1 aromatic carbocycles. The Morgan fingerprint density at radius 2 is 2.26 bits per heavy atom. The Hall–Kier alpha value is -1.59. The van der Waals surface area contributed by atoms with Crippen LogP contribution in [0.5, 0.6) is 0 Å². The van der Waals surface area contributed by atoms with E-state index in [-0.39, 0.29) is 12.0 Å². The topological polar surface area (TPSA) is 78.3 Å². The summed E-state index contributed by atoms with van der Waals surface area (Å²) in [6, 6.07) is 5.66. The van der Waals surface area contributed by atoms with E-state index in [1.54, 1.807) is 6.07 Å². The molecular formula is C14H18N2O3. The van der Waals surface area contributed by atoms with E-state index >= 15 is 0 Å². The van der Waals surface area contributed by atoms with Crippen molar-refractivity contribution in [3.63, 3.8) is 0 Å². The lowest BCUT2D eigenvalue weighted by molar-refractivity contribution is 0.0445. The molecule has 0 aliphatic heterocycles. The Labute approximate surface area is 110 Å². The van der Waals surface area contributed by atoms with Crippen LogP contribution in [0.3, 0.4) is 0 Å². The van der Waals surface area contributed by atoms with Gasteiger partial charge in [-0.05, 0) is 30.5 Å². The van der Waals surface area contributed by atoms with Crippen LogP contribution < -0.4 is 11.1 Å². The van der Waals surface area contributed by atoms with Gasteiger partial charge in [-0.15, -0.1) is 0 Å². The van der Waals surface area contributed by atoms with Crippen molar-refractivity contribution in [1.29, 1.82) is 0 Å². The smallest absolute Gasteiger partial charge is 0.408 e. The number of hydrogen-bond donors (Lipinski definition) is 3. The van der Waals surface area contributed by atoms with Crippen LogP contribution in [0, 0.1) is 5.41 Å². The van der Waals surface area contributed by atoms with E-state index in [1.807, 2.05) is 12.1 Å². The zero-order valence-corrected chi connectivity index (χ0v) is 10.7. The minimum absolute atomic E-state index is 0.0913. The monoisotopic (exact) mass is 262 g/mol. The van der Waals surface area contributed by atoms with Gasteiger partial charge in [0.05, 0.1) is 5.52 Å². The van der Waals surface area contributed by atoms with Gasteiger partial charge in [0.15, 0.2) is 5.58 Å². The van der Waals surface area contributed by atoms with E-state index in [4.69, 9.17) is 4.42 Å². The molecule has 5 heteroatoms. The summed E-state index contributed by atoms with van der Waals surface area (Å²) >= 11 is 0. The van der Waals surface area contributed by atoms with Crippen molar-refractivity contribution in [2.45, 2.75) is 25.8 Å². The predicted octanol–water partition coefficient (Wildman–Crippen LogP) is 1.37. The Morgan fingerprint density at radius 1 is 1.42 bits per heavy atom. The molecule has 0 amide bonds. The number of hydrogen-bond acceptors (Lipinski definition) is 4. The Bertz CT molecular complexity index is 619. The summed E-state index contributed by atoms with van der Waals surface area (Å²) in [4.78, 5) is 13.7. The molecule has 0 atom stereocenters. The average Bonchev–Trinajstić information content (AvgIpc) is 2.72. The minimum atomic E-state index is -0.422. The van der Waals surface area contributed by atoms with Gasteiger partial charge in [-0.1, -0.05) is 12.5 Å². The molecule has 1 saturated carbocycles. The molecule has 0 bridgehead atoms. The first kappa shape index (κ1) is 12.4. The van der Waals surface area contributed by atoms with Gasteiger partial charge in [0.2, 0.25) is 0 Å². The summed E-state index contributed by atoms with van der Waals surface area (Å²) in [5, 5.41) is 12.8. The highest BCUT2D eigenvalue weighted by molar-refractivity contribution is 5.72. The van der Waals surface area contributed by atoms with Crippen LogP contribution in [0.1, 0.15) is 24.8 Å². The zero-order chi connectivity index (χ0) is 13.3. The molecule has 1 aliphatic rings. The second kappa shape index (κ2) is 4.83. The molecule has 0 unspecified atom stereocenters. The van der Waals surface area contributed by atoms with Gasteiger partial charge in [0.25, 0.3) is 0 Å². The molecule has 1 aliphatic carbocycles. The van der Waals surface area contributed by atoms with Crippen molar-refractivity contribution >= 4 is 11.1 Å². The number of rotatable bonds is 5. The number of H-pyrrole nitrogens is 1. The Kier molecular flexibility index (Phi) is 3.16. The van der Waals surface area contributed by atoms with Crippen LogP contribution in [0.15, 0.2) is 27.4 Å². The van der Waals surface area contributed by atoms with Gasteiger partial charge < -0.3 is 14.8 Å². The molecule has 19 heavy (non-hydrogen) atoms. The number of aliphatic hydroxyl groups excluding tert-OH is 1. The van der Waals surface area contributed by atoms with Crippen LogP contribution in [0.4, 0.5) is 0 Å². The number of nitrogens with one attached hydrogen (secondary N) is 2. The molecule has 0 saturated heterocycles. The Balaban J connectivity index is 1.63. The fourth-order valence-corrected chi connectivity index (χ4v) is 2.65. The SMILES string of the molecule is O=c1[nH]c2cc(CNCC3(CO)CCC3)ccc2o1. The van der Waals surface area contributed by atoms with E-state index in [1.165, 1.54) is 6.42 Å². The number of aliphatic hydroxyl groups is 1. The van der Waals surface area contributed by atoms with Crippen molar-refractivity contribution in [2.24, 2.45) is 5.41 Å². The molecule has 2 aromatic rings. The predicted molar refractivity (Wildman–Crippen MR) is 71.9 cm³/mol. The van der Waals surface area contributed by atoms with Gasteiger partial charge in [-0.3, -0.25) is 4.98 Å². The van der Waals surface area contributed by atoms with Gasteiger partial charge in [-0.25, -0.2) is 4.79 Å². The van der Waals surface area contributed by atoms with E-state index in [2.05, 4.69) is 10.3 Å². The molecule has 1 heterocycles. The summed E-state index contributed by atoms with van der Waals surface area (Å²) in [5.74, 6) is -0.422. The van der Waals surface area contributed by atoms with E-state index in [9.17, 15) is 9.90 Å². The molecule has 0 spiro atoms. The highest BCUT2D eigenvalue weighted by atomic mass is 16.4. The largest absolute Gasteiger partial charge is 0.417 e. The van der Waals surface area contributed by atoms with Gasteiger partial charge in [0.1, 0.15) is 0 Å². The lowest BCUT2D eigenvalue weighted by atomic mass is 9.69. The second-order valence-corrected chi connectivity index (χ2v) is 5.46. The van der Waals surface area contributed by atoms with Gasteiger partial charge in [-0.2, -0.15) is 0 Å². The molecule has 3 rings (SSSR count). The highest BCUT2D eigenvalue weighted by Crippen LogP contribution is 2.39. The molecular weight excluding hydrogens is 244 g/mol. The number of fused-ring (bicyclic) bond motifs is 1. The summed E-state index contributed by atoms with van der Waals surface area (Å²) in [6.07, 6.45) is 3.42. The first-order chi connectivity index (χ1) is 9.21. The lowest BCUT2D eigenvalue weighted by Gasteiger charge is -2.40. The summed E-state index contributed by atoms with van der Waals surface area (Å²) < 4.78 is 4.96. The molecule has 1 aromatic heterocycles. The quantitative estimate of drug-likeness (QED) is 0.760. The normalized spacial score (nSPS) is 17.5. The van der Waals surface area contributed by atoms with Crippen LogP contribution >= 0.6 is 0 Å². The van der Waals surface area contributed by atoms with E-state index in [0.717, 1.165) is 37.0 Å². The number of benzene rings is 1. The summed E-state index contributed by atoms with van der Waals surface area (Å²) in [6.45, 7) is 1.82. The number of aromatic amines is 1. The third-order valence-corrected chi connectivity index (χ3v) is 4.06. The maximum Gasteiger partial charge on any atom is 0.417 e. The second-order valence-electron chi connectivity index (χ2n) is 5.46. The molecule has 1 fully saturated rings. The Morgan fingerprint density at radius 3 is 2.95 bits per heavy atom. The third-order valence-electron chi connectivity index (χ3n) is 4.06. The first-order valence-electron chi connectivity index (χ1n) is 6.64. The highest BCUT2D eigenvalue weighted by Gasteiger charge is 2.35. The van der Waals surface area contributed by atoms with Crippen molar-refractivity contribution in [2.75, 3.05) is 13.2 Å². The zero-order valence-electron chi connectivity index (χ0n) is 10.7. The molecule has 0 radical (unpaired) electrons. The maximum absolute atomic E-state index is 11.1. The lowest BCUT2D eigenvalue weighted by Crippen LogP contribution is -2.42. The van der Waals surface area contributed by atoms with Gasteiger partial charge in [0, 0.05) is 25.1 Å². The fourth-order valence-electron chi connectivity index (χ4n) is 2.65. The first-order valence-corrected chi connectivity index (χ1v) is 6.64. The average molecular weight is 262 g/mol. The standard InChI is InChI=1S/C14H18N2O3/c17-9-14(4-1-5-14)8-15-7-10-2-3-12-11(6-10)16-13(18)19-12/h2-3,6,15,17H,1,4-5,7-9H2,(H,16,18). The van der Waals surface area contributed by atoms with Crippen molar-refractivity contribution < 1.29 is 9.52 Å². The van der Waals surface area contributed by atoms with Crippen LogP contribution in [0.2, 0.25) is 0 Å². The number of oxazole rings is 1. The van der Waals surface area contributed by atoms with Crippen LogP contribution in [0.25, 0.3) is 11.1 Å². The maximum atomic E-state index is 11.1. The molecule has 102 valence electrons. The molecule has 5 nitrogen and oxygen atoms in total. The summed E-state index contributed by atoms with van der Waals surface area (Å²) in [7, 11) is 0. The van der Waals surface area contributed by atoms with E-state index < -0.39 is 5.76 Å². The summed E-state index contributed by atoms with van der Waals surface area (Å²) in [5.41, 5.74) is 2.50. The van der Waals surface area contributed by atoms with E-state index in [0.29, 0.717) is 5.58 Å². The minimum Gasteiger partial charge on any atom is -0.408 e. The van der Waals surface area contributed by atoms with Crippen molar-refractivity contribution in [1.82, 2.24) is 10.3 Å². The van der Waals surface area contributed by atoms with Crippen LogP contribution in [-0.4, -0.2) is 23.2 Å². The third kappa shape index (κ3) is 2.43. The van der Waals surface area contributed by atoms with Crippen molar-refractivity contribution in [3.05, 3.63) is 34.3 Å². The van der Waals surface area contributed by atoms with Crippen LogP contribution in [-0.2, 0) is 6.54 Å².